The zero-order valence-corrected chi connectivity index (χ0v) is 13.3. The molecule has 2 aromatic carbocycles. The molecule has 0 amide bonds. The van der Waals surface area contributed by atoms with Crippen LogP contribution in [0.5, 0.6) is 11.5 Å². The second-order valence-corrected chi connectivity index (χ2v) is 5.41. The lowest BCUT2D eigenvalue weighted by molar-refractivity contribution is 0.0990. The molecule has 0 bridgehead atoms. The Labute approximate surface area is 134 Å². The summed E-state index contributed by atoms with van der Waals surface area (Å²) in [6, 6.07) is 12.8. The highest BCUT2D eigenvalue weighted by molar-refractivity contribution is 5.83. The number of hydrogen-bond acceptors (Lipinski definition) is 5. The Morgan fingerprint density at radius 2 is 1.57 bits per heavy atom. The van der Waals surface area contributed by atoms with E-state index in [9.17, 15) is 5.11 Å². The van der Waals surface area contributed by atoms with Crippen molar-refractivity contribution in [3.63, 3.8) is 0 Å². The van der Waals surface area contributed by atoms with Gasteiger partial charge in [-0.3, -0.25) is 0 Å². The fourth-order valence-corrected chi connectivity index (χ4v) is 2.60. The van der Waals surface area contributed by atoms with Gasteiger partial charge in [-0.2, -0.15) is 0 Å². The molecule has 0 aliphatic rings. The molecule has 3 aromatic rings. The smallest absolute Gasteiger partial charge is 0.129 e. The average Bonchev–Trinajstić information content (AvgIpc) is 2.60. The van der Waals surface area contributed by atoms with Gasteiger partial charge in [0, 0.05) is 11.5 Å². The van der Waals surface area contributed by atoms with Gasteiger partial charge in [-0.25, -0.2) is 9.97 Å². The average molecular weight is 310 g/mol. The molecule has 3 rings (SSSR count). The Bertz CT molecular complexity index is 829. The second kappa shape index (κ2) is 5.85. The van der Waals surface area contributed by atoms with Gasteiger partial charge in [0.05, 0.1) is 25.4 Å². The molecule has 0 radical (unpaired) electrons. The van der Waals surface area contributed by atoms with Crippen molar-refractivity contribution >= 4 is 10.9 Å². The monoisotopic (exact) mass is 310 g/mol. The molecule has 23 heavy (non-hydrogen) atoms. The molecule has 0 spiro atoms. The predicted molar refractivity (Wildman–Crippen MR) is 87.8 cm³/mol. The number of hydrogen-bond donors (Lipinski definition) is 1. The molecule has 5 nitrogen and oxygen atoms in total. The zero-order valence-electron chi connectivity index (χ0n) is 13.3. The van der Waals surface area contributed by atoms with Gasteiger partial charge in [-0.15, -0.1) is 0 Å². The summed E-state index contributed by atoms with van der Waals surface area (Å²) in [5.41, 5.74) is 0.759. The van der Waals surface area contributed by atoms with Crippen LogP contribution >= 0.6 is 0 Å². The first-order valence-electron chi connectivity index (χ1n) is 7.22. The Kier molecular flexibility index (Phi) is 3.88. The maximum absolute atomic E-state index is 11.1. The SMILES string of the molecule is COc1ccc(C(C)(O)c2ncnc3cc(OC)ccc23)cc1. The number of rotatable bonds is 4. The summed E-state index contributed by atoms with van der Waals surface area (Å²) < 4.78 is 10.4. The van der Waals surface area contributed by atoms with Crippen molar-refractivity contribution in [2.24, 2.45) is 0 Å². The number of nitrogens with zero attached hydrogens (tertiary/aromatic N) is 2. The summed E-state index contributed by atoms with van der Waals surface area (Å²) >= 11 is 0. The molecule has 0 saturated carbocycles. The van der Waals surface area contributed by atoms with Gasteiger partial charge in [-0.05, 0) is 36.8 Å². The Hall–Kier alpha value is -2.66. The summed E-state index contributed by atoms with van der Waals surface area (Å²) in [6.07, 6.45) is 1.45. The van der Waals surface area contributed by atoms with Crippen LogP contribution in [0, 0.1) is 0 Å². The summed E-state index contributed by atoms with van der Waals surface area (Å²) in [5.74, 6) is 1.45. The number of aromatic nitrogens is 2. The number of methoxy groups -OCH3 is 2. The van der Waals surface area contributed by atoms with Crippen LogP contribution in [0.25, 0.3) is 10.9 Å². The van der Waals surface area contributed by atoms with Crippen LogP contribution in [0.3, 0.4) is 0 Å². The van der Waals surface area contributed by atoms with Crippen molar-refractivity contribution in [1.82, 2.24) is 9.97 Å². The predicted octanol–water partition coefficient (Wildman–Crippen LogP) is 2.90. The lowest BCUT2D eigenvalue weighted by atomic mass is 9.90. The van der Waals surface area contributed by atoms with Crippen molar-refractivity contribution in [3.8, 4) is 11.5 Å². The zero-order chi connectivity index (χ0) is 16.4. The van der Waals surface area contributed by atoms with Crippen molar-refractivity contribution in [2.75, 3.05) is 14.2 Å². The maximum Gasteiger partial charge on any atom is 0.129 e. The molecule has 0 aliphatic heterocycles. The van der Waals surface area contributed by atoms with Crippen LogP contribution < -0.4 is 9.47 Å². The first-order valence-corrected chi connectivity index (χ1v) is 7.22. The number of fused-ring (bicyclic) bond motifs is 1. The van der Waals surface area contributed by atoms with Gasteiger partial charge >= 0.3 is 0 Å². The molecule has 0 aliphatic carbocycles. The van der Waals surface area contributed by atoms with Gasteiger partial charge in [0.15, 0.2) is 0 Å². The first-order chi connectivity index (χ1) is 11.1. The summed E-state index contributed by atoms with van der Waals surface area (Å²) in [6.45, 7) is 1.72. The second-order valence-electron chi connectivity index (χ2n) is 5.41. The lowest BCUT2D eigenvalue weighted by Gasteiger charge is -2.24. The molecule has 1 unspecified atom stereocenters. The molecule has 5 heteroatoms. The standard InChI is InChI=1S/C18H18N2O3/c1-18(21,12-4-6-13(22-2)7-5-12)17-15-9-8-14(23-3)10-16(15)19-11-20-17/h4-11,21H,1-3H3. The topological polar surface area (TPSA) is 64.5 Å². The minimum absolute atomic E-state index is 0.551. The third kappa shape index (κ3) is 2.71. The highest BCUT2D eigenvalue weighted by atomic mass is 16.5. The van der Waals surface area contributed by atoms with E-state index < -0.39 is 5.60 Å². The fourth-order valence-electron chi connectivity index (χ4n) is 2.60. The first kappa shape index (κ1) is 15.2. The largest absolute Gasteiger partial charge is 0.497 e. The third-order valence-corrected chi connectivity index (χ3v) is 3.96. The molecule has 1 N–H and O–H groups in total. The third-order valence-electron chi connectivity index (χ3n) is 3.96. The van der Waals surface area contributed by atoms with Crippen molar-refractivity contribution < 1.29 is 14.6 Å². The van der Waals surface area contributed by atoms with Crippen LogP contribution in [0.15, 0.2) is 48.8 Å². The Morgan fingerprint density at radius 1 is 0.913 bits per heavy atom. The maximum atomic E-state index is 11.1. The van der Waals surface area contributed by atoms with Gasteiger partial charge in [0.1, 0.15) is 23.4 Å². The van der Waals surface area contributed by atoms with Crippen molar-refractivity contribution in [3.05, 3.63) is 60.0 Å². The van der Waals surface area contributed by atoms with Gasteiger partial charge < -0.3 is 14.6 Å². The number of ether oxygens (including phenoxy) is 2. The quantitative estimate of drug-likeness (QED) is 0.802. The Morgan fingerprint density at radius 3 is 2.22 bits per heavy atom. The minimum Gasteiger partial charge on any atom is -0.497 e. The molecule has 0 fully saturated rings. The van der Waals surface area contributed by atoms with Crippen LogP contribution in [-0.2, 0) is 5.60 Å². The van der Waals surface area contributed by atoms with E-state index >= 15 is 0 Å². The van der Waals surface area contributed by atoms with E-state index in [1.54, 1.807) is 21.1 Å². The molecule has 1 atom stereocenters. The highest BCUT2D eigenvalue weighted by Gasteiger charge is 2.29. The minimum atomic E-state index is -1.25. The van der Waals surface area contributed by atoms with E-state index in [-0.39, 0.29) is 0 Å². The van der Waals surface area contributed by atoms with E-state index in [0.29, 0.717) is 11.4 Å². The van der Waals surface area contributed by atoms with Crippen LogP contribution in [-0.4, -0.2) is 29.3 Å². The van der Waals surface area contributed by atoms with Crippen molar-refractivity contribution in [1.29, 1.82) is 0 Å². The van der Waals surface area contributed by atoms with E-state index in [2.05, 4.69) is 9.97 Å². The van der Waals surface area contributed by atoms with Crippen LogP contribution in [0.1, 0.15) is 18.2 Å². The number of benzene rings is 2. The van der Waals surface area contributed by atoms with Gasteiger partial charge in [0.2, 0.25) is 0 Å². The molecule has 118 valence electrons. The van der Waals surface area contributed by atoms with E-state index in [0.717, 1.165) is 22.2 Å². The number of aliphatic hydroxyl groups is 1. The van der Waals surface area contributed by atoms with E-state index in [1.165, 1.54) is 6.33 Å². The molecule has 0 saturated heterocycles. The normalized spacial score (nSPS) is 13.6. The highest BCUT2D eigenvalue weighted by Crippen LogP contribution is 2.33. The Balaban J connectivity index is 2.13. The molecule has 1 aromatic heterocycles. The van der Waals surface area contributed by atoms with Crippen LogP contribution in [0.4, 0.5) is 0 Å². The van der Waals surface area contributed by atoms with E-state index in [4.69, 9.17) is 9.47 Å². The van der Waals surface area contributed by atoms with E-state index in [1.807, 2.05) is 42.5 Å². The van der Waals surface area contributed by atoms with Gasteiger partial charge in [-0.1, -0.05) is 12.1 Å². The fraction of sp³-hybridized carbons (Fsp3) is 0.222. The van der Waals surface area contributed by atoms with Crippen LogP contribution in [0.2, 0.25) is 0 Å². The molecule has 1 heterocycles. The summed E-state index contributed by atoms with van der Waals surface area (Å²) in [7, 11) is 3.22. The van der Waals surface area contributed by atoms with Crippen molar-refractivity contribution in [2.45, 2.75) is 12.5 Å². The van der Waals surface area contributed by atoms with Gasteiger partial charge in [0.25, 0.3) is 0 Å². The lowest BCUT2D eigenvalue weighted by Crippen LogP contribution is -2.24. The molecular weight excluding hydrogens is 292 g/mol. The summed E-state index contributed by atoms with van der Waals surface area (Å²) in [5, 5.41) is 11.9. The summed E-state index contributed by atoms with van der Waals surface area (Å²) in [4.78, 5) is 8.58. The molecular formula is C18H18N2O3.